The van der Waals surface area contributed by atoms with Gasteiger partial charge in [0.15, 0.2) is 0 Å². The van der Waals surface area contributed by atoms with E-state index < -0.39 is 0 Å². The van der Waals surface area contributed by atoms with Crippen LogP contribution in [0, 0.1) is 0 Å². The van der Waals surface area contributed by atoms with E-state index in [9.17, 15) is 4.79 Å². The van der Waals surface area contributed by atoms with Gasteiger partial charge in [0, 0.05) is 30.2 Å². The molecular weight excluding hydrogens is 294 g/mol. The van der Waals surface area contributed by atoms with Crippen LogP contribution in [0.15, 0.2) is 34.8 Å². The summed E-state index contributed by atoms with van der Waals surface area (Å²) < 4.78 is 0.990. The highest BCUT2D eigenvalue weighted by molar-refractivity contribution is 9.10. The molecule has 1 rings (SSSR count). The van der Waals surface area contributed by atoms with Crippen molar-refractivity contribution in [2.75, 3.05) is 19.7 Å². The Bertz CT molecular complexity index is 418. The van der Waals surface area contributed by atoms with Crippen molar-refractivity contribution in [2.24, 2.45) is 0 Å². The van der Waals surface area contributed by atoms with E-state index in [1.807, 2.05) is 31.2 Å². The first-order valence-corrected chi connectivity index (χ1v) is 6.80. The largest absolute Gasteiger partial charge is 0.396 e. The number of carbonyl (C=O) groups excluding carboxylic acids is 1. The van der Waals surface area contributed by atoms with Crippen LogP contribution in [0.25, 0.3) is 6.08 Å². The SMILES string of the molecule is CCN(CCCO)C(=O)/C=C/c1cccc(Br)c1. The summed E-state index contributed by atoms with van der Waals surface area (Å²) in [6, 6.07) is 7.77. The van der Waals surface area contributed by atoms with Gasteiger partial charge in [-0.3, -0.25) is 4.79 Å². The van der Waals surface area contributed by atoms with E-state index in [-0.39, 0.29) is 12.5 Å². The van der Waals surface area contributed by atoms with E-state index in [2.05, 4.69) is 15.9 Å². The smallest absolute Gasteiger partial charge is 0.246 e. The Balaban J connectivity index is 2.62. The zero-order valence-electron chi connectivity index (χ0n) is 10.5. The van der Waals surface area contributed by atoms with Crippen molar-refractivity contribution in [2.45, 2.75) is 13.3 Å². The Labute approximate surface area is 116 Å². The fourth-order valence-corrected chi connectivity index (χ4v) is 1.99. The molecule has 4 heteroatoms. The van der Waals surface area contributed by atoms with Gasteiger partial charge in [-0.1, -0.05) is 28.1 Å². The summed E-state index contributed by atoms with van der Waals surface area (Å²) in [4.78, 5) is 13.6. The Kier molecular flexibility index (Phi) is 6.68. The molecule has 0 saturated heterocycles. The number of aliphatic hydroxyl groups excluding tert-OH is 1. The predicted molar refractivity (Wildman–Crippen MR) is 77.1 cm³/mol. The maximum Gasteiger partial charge on any atom is 0.246 e. The highest BCUT2D eigenvalue weighted by atomic mass is 79.9. The molecule has 0 atom stereocenters. The third kappa shape index (κ3) is 5.02. The van der Waals surface area contributed by atoms with E-state index in [0.717, 1.165) is 10.0 Å². The van der Waals surface area contributed by atoms with Gasteiger partial charge in [-0.15, -0.1) is 0 Å². The van der Waals surface area contributed by atoms with Gasteiger partial charge >= 0.3 is 0 Å². The van der Waals surface area contributed by atoms with Crippen molar-refractivity contribution in [1.82, 2.24) is 4.90 Å². The number of halogens is 1. The quantitative estimate of drug-likeness (QED) is 0.821. The van der Waals surface area contributed by atoms with Gasteiger partial charge in [0.05, 0.1) is 0 Å². The molecule has 98 valence electrons. The molecule has 0 aliphatic heterocycles. The number of amides is 1. The monoisotopic (exact) mass is 311 g/mol. The van der Waals surface area contributed by atoms with Gasteiger partial charge in [-0.25, -0.2) is 0 Å². The molecule has 1 N–H and O–H groups in total. The molecule has 0 aromatic heterocycles. The lowest BCUT2D eigenvalue weighted by Gasteiger charge is -2.18. The number of likely N-dealkylation sites (N-methyl/N-ethyl adjacent to an activating group) is 1. The first-order valence-electron chi connectivity index (χ1n) is 6.00. The number of carbonyl (C=O) groups is 1. The minimum absolute atomic E-state index is 0.0223. The van der Waals surface area contributed by atoms with Crippen molar-refractivity contribution in [1.29, 1.82) is 0 Å². The Hall–Kier alpha value is -1.13. The third-order valence-electron chi connectivity index (χ3n) is 2.55. The first-order chi connectivity index (χ1) is 8.67. The molecule has 0 unspecified atom stereocenters. The summed E-state index contributed by atoms with van der Waals surface area (Å²) in [5.41, 5.74) is 0.982. The van der Waals surface area contributed by atoms with E-state index in [0.29, 0.717) is 19.5 Å². The topological polar surface area (TPSA) is 40.5 Å². The highest BCUT2D eigenvalue weighted by Crippen LogP contribution is 2.12. The summed E-state index contributed by atoms with van der Waals surface area (Å²) in [6.45, 7) is 3.29. The number of hydrogen-bond donors (Lipinski definition) is 1. The van der Waals surface area contributed by atoms with Gasteiger partial charge < -0.3 is 10.0 Å². The van der Waals surface area contributed by atoms with Crippen molar-refractivity contribution < 1.29 is 9.90 Å². The lowest BCUT2D eigenvalue weighted by Crippen LogP contribution is -2.30. The molecule has 0 aliphatic rings. The second kappa shape index (κ2) is 8.06. The molecule has 0 fully saturated rings. The van der Waals surface area contributed by atoms with Gasteiger partial charge in [0.2, 0.25) is 5.91 Å². The zero-order valence-corrected chi connectivity index (χ0v) is 12.1. The van der Waals surface area contributed by atoms with Crippen LogP contribution in [0.4, 0.5) is 0 Å². The Morgan fingerprint density at radius 3 is 2.89 bits per heavy atom. The summed E-state index contributed by atoms with van der Waals surface area (Å²) in [7, 11) is 0. The van der Waals surface area contributed by atoms with Crippen LogP contribution >= 0.6 is 15.9 Å². The normalized spacial score (nSPS) is 10.8. The first kappa shape index (κ1) is 14.9. The van der Waals surface area contributed by atoms with Crippen molar-refractivity contribution in [3.05, 3.63) is 40.4 Å². The third-order valence-corrected chi connectivity index (χ3v) is 3.04. The van der Waals surface area contributed by atoms with Crippen molar-refractivity contribution in [3.8, 4) is 0 Å². The van der Waals surface area contributed by atoms with Crippen LogP contribution in [0.5, 0.6) is 0 Å². The van der Waals surface area contributed by atoms with Crippen LogP contribution in [-0.2, 0) is 4.79 Å². The number of nitrogens with zero attached hydrogens (tertiary/aromatic N) is 1. The van der Waals surface area contributed by atoms with E-state index in [1.54, 1.807) is 17.1 Å². The average molecular weight is 312 g/mol. The second-order valence-electron chi connectivity index (χ2n) is 3.88. The van der Waals surface area contributed by atoms with E-state index in [1.165, 1.54) is 0 Å². The van der Waals surface area contributed by atoms with Crippen LogP contribution in [-0.4, -0.2) is 35.6 Å². The van der Waals surface area contributed by atoms with Gasteiger partial charge in [0.1, 0.15) is 0 Å². The van der Waals surface area contributed by atoms with Crippen molar-refractivity contribution in [3.63, 3.8) is 0 Å². The number of rotatable bonds is 6. The predicted octanol–water partition coefficient (Wildman–Crippen LogP) is 2.69. The van der Waals surface area contributed by atoms with Crippen molar-refractivity contribution >= 4 is 27.9 Å². The molecule has 0 aliphatic carbocycles. The fraction of sp³-hybridized carbons (Fsp3) is 0.357. The minimum Gasteiger partial charge on any atom is -0.396 e. The van der Waals surface area contributed by atoms with Crippen LogP contribution < -0.4 is 0 Å². The molecule has 3 nitrogen and oxygen atoms in total. The lowest BCUT2D eigenvalue weighted by atomic mass is 10.2. The van der Waals surface area contributed by atoms with Crippen LogP contribution in [0.2, 0.25) is 0 Å². The standard InChI is InChI=1S/C14H18BrNO2/c1-2-16(9-4-10-17)14(18)8-7-12-5-3-6-13(15)11-12/h3,5-8,11,17H,2,4,9-10H2,1H3/b8-7+. The summed E-state index contributed by atoms with van der Waals surface area (Å²) in [5, 5.41) is 8.77. The Morgan fingerprint density at radius 2 is 2.28 bits per heavy atom. The van der Waals surface area contributed by atoms with E-state index in [4.69, 9.17) is 5.11 Å². The lowest BCUT2D eigenvalue weighted by molar-refractivity contribution is -0.125. The van der Waals surface area contributed by atoms with Crippen LogP contribution in [0.3, 0.4) is 0 Å². The van der Waals surface area contributed by atoms with Gasteiger partial charge in [0.25, 0.3) is 0 Å². The average Bonchev–Trinajstić information content (AvgIpc) is 2.37. The Morgan fingerprint density at radius 1 is 1.50 bits per heavy atom. The molecule has 0 spiro atoms. The highest BCUT2D eigenvalue weighted by Gasteiger charge is 2.06. The molecule has 0 radical (unpaired) electrons. The molecule has 0 saturated carbocycles. The summed E-state index contributed by atoms with van der Waals surface area (Å²) in [6.07, 6.45) is 3.99. The molecule has 18 heavy (non-hydrogen) atoms. The zero-order chi connectivity index (χ0) is 13.4. The molecule has 0 heterocycles. The molecule has 1 amide bonds. The van der Waals surface area contributed by atoms with Gasteiger partial charge in [-0.05, 0) is 37.1 Å². The molecular formula is C14H18BrNO2. The number of hydrogen-bond acceptors (Lipinski definition) is 2. The second-order valence-corrected chi connectivity index (χ2v) is 4.80. The minimum atomic E-state index is -0.0223. The summed E-state index contributed by atoms with van der Waals surface area (Å²) in [5.74, 6) is -0.0223. The maximum atomic E-state index is 11.9. The maximum absolute atomic E-state index is 11.9. The molecule has 1 aromatic rings. The van der Waals surface area contributed by atoms with Gasteiger partial charge in [-0.2, -0.15) is 0 Å². The molecule has 1 aromatic carbocycles. The number of aliphatic hydroxyl groups is 1. The fourth-order valence-electron chi connectivity index (χ4n) is 1.57. The van der Waals surface area contributed by atoms with Crippen LogP contribution in [0.1, 0.15) is 18.9 Å². The summed E-state index contributed by atoms with van der Waals surface area (Å²) >= 11 is 3.39. The molecule has 0 bridgehead atoms. The van der Waals surface area contributed by atoms with E-state index >= 15 is 0 Å². The number of benzene rings is 1.